The summed E-state index contributed by atoms with van der Waals surface area (Å²) in [5, 5.41) is 3.86. The molecule has 1 fully saturated rings. The number of hydrogen-bond acceptors (Lipinski definition) is 1. The fourth-order valence-electron chi connectivity index (χ4n) is 2.90. The van der Waals surface area contributed by atoms with Crippen LogP contribution in [0.15, 0.2) is 30.3 Å². The molecule has 2 unspecified atom stereocenters. The summed E-state index contributed by atoms with van der Waals surface area (Å²) < 4.78 is 0. The van der Waals surface area contributed by atoms with E-state index < -0.39 is 0 Å². The zero-order chi connectivity index (χ0) is 13.5. The molecule has 0 aromatic heterocycles. The molecule has 0 amide bonds. The van der Waals surface area contributed by atoms with E-state index in [0.29, 0.717) is 12.1 Å². The Morgan fingerprint density at radius 2 is 1.89 bits per heavy atom. The molecule has 1 N–H and O–H groups in total. The highest BCUT2D eigenvalue weighted by atomic mass is 14.9. The number of nitrogens with one attached hydrogen (secondary N) is 1. The Bertz CT molecular complexity index is 342. The van der Waals surface area contributed by atoms with Crippen LogP contribution in [0.4, 0.5) is 0 Å². The summed E-state index contributed by atoms with van der Waals surface area (Å²) >= 11 is 0. The molecule has 1 aromatic rings. The van der Waals surface area contributed by atoms with Gasteiger partial charge in [-0.2, -0.15) is 0 Å². The van der Waals surface area contributed by atoms with Crippen molar-refractivity contribution in [2.75, 3.05) is 0 Å². The van der Waals surface area contributed by atoms with Crippen LogP contribution in [-0.2, 0) is 0 Å². The van der Waals surface area contributed by atoms with Crippen LogP contribution in [0.5, 0.6) is 0 Å². The molecule has 0 saturated heterocycles. The van der Waals surface area contributed by atoms with Crippen LogP contribution in [0.25, 0.3) is 0 Å². The van der Waals surface area contributed by atoms with Gasteiger partial charge in [0.05, 0.1) is 0 Å². The molecule has 0 spiro atoms. The first kappa shape index (κ1) is 14.6. The number of hydrogen-bond donors (Lipinski definition) is 1. The van der Waals surface area contributed by atoms with Crippen molar-refractivity contribution in [1.29, 1.82) is 0 Å². The minimum Gasteiger partial charge on any atom is -0.307 e. The summed E-state index contributed by atoms with van der Waals surface area (Å²) in [6.07, 6.45) is 9.53. The van der Waals surface area contributed by atoms with Crippen LogP contribution in [-0.4, -0.2) is 6.04 Å². The van der Waals surface area contributed by atoms with E-state index in [4.69, 9.17) is 0 Å². The molecule has 19 heavy (non-hydrogen) atoms. The largest absolute Gasteiger partial charge is 0.307 e. The van der Waals surface area contributed by atoms with Crippen molar-refractivity contribution < 1.29 is 0 Å². The summed E-state index contributed by atoms with van der Waals surface area (Å²) in [6.45, 7) is 4.63. The SMILES string of the molecule is CCCCCC(NC(C)CC1CC1)c1ccccc1. The van der Waals surface area contributed by atoms with E-state index in [1.165, 1.54) is 50.5 Å². The van der Waals surface area contributed by atoms with E-state index in [1.807, 2.05) is 0 Å². The quantitative estimate of drug-likeness (QED) is 0.609. The van der Waals surface area contributed by atoms with E-state index in [0.717, 1.165) is 5.92 Å². The normalized spacial score (nSPS) is 18.2. The Hall–Kier alpha value is -0.820. The molecule has 1 saturated carbocycles. The maximum atomic E-state index is 3.86. The second kappa shape index (κ2) is 7.69. The van der Waals surface area contributed by atoms with Gasteiger partial charge in [0.25, 0.3) is 0 Å². The van der Waals surface area contributed by atoms with E-state index in [-0.39, 0.29) is 0 Å². The van der Waals surface area contributed by atoms with Gasteiger partial charge >= 0.3 is 0 Å². The monoisotopic (exact) mass is 259 g/mol. The smallest absolute Gasteiger partial charge is 0.0322 e. The molecule has 2 atom stereocenters. The lowest BCUT2D eigenvalue weighted by Crippen LogP contribution is -2.31. The fourth-order valence-corrected chi connectivity index (χ4v) is 2.90. The van der Waals surface area contributed by atoms with Gasteiger partial charge in [0, 0.05) is 12.1 Å². The van der Waals surface area contributed by atoms with E-state index in [9.17, 15) is 0 Å². The lowest BCUT2D eigenvalue weighted by atomic mass is 9.99. The van der Waals surface area contributed by atoms with Gasteiger partial charge in [0.2, 0.25) is 0 Å². The lowest BCUT2D eigenvalue weighted by Gasteiger charge is -2.24. The third-order valence-electron chi connectivity index (χ3n) is 4.17. The second-order valence-corrected chi connectivity index (χ2v) is 6.21. The molecule has 1 nitrogen and oxygen atoms in total. The molecule has 1 aliphatic carbocycles. The number of benzene rings is 1. The number of unbranched alkanes of at least 4 members (excludes halogenated alkanes) is 2. The Balaban J connectivity index is 1.88. The Morgan fingerprint density at radius 1 is 1.16 bits per heavy atom. The molecular formula is C18H29N. The van der Waals surface area contributed by atoms with Gasteiger partial charge in [-0.25, -0.2) is 0 Å². The van der Waals surface area contributed by atoms with Crippen molar-refractivity contribution in [3.8, 4) is 0 Å². The van der Waals surface area contributed by atoms with Crippen LogP contribution in [0, 0.1) is 5.92 Å². The van der Waals surface area contributed by atoms with Gasteiger partial charge in [-0.1, -0.05) is 69.4 Å². The molecule has 0 heterocycles. The van der Waals surface area contributed by atoms with Crippen LogP contribution in [0.3, 0.4) is 0 Å². The lowest BCUT2D eigenvalue weighted by molar-refractivity contribution is 0.394. The molecule has 0 aliphatic heterocycles. The summed E-state index contributed by atoms with van der Waals surface area (Å²) in [6, 6.07) is 12.2. The summed E-state index contributed by atoms with van der Waals surface area (Å²) in [5.41, 5.74) is 1.46. The highest BCUT2D eigenvalue weighted by molar-refractivity contribution is 5.19. The third kappa shape index (κ3) is 5.36. The average Bonchev–Trinajstić information content (AvgIpc) is 3.23. The minimum atomic E-state index is 0.543. The zero-order valence-electron chi connectivity index (χ0n) is 12.6. The van der Waals surface area contributed by atoms with Crippen LogP contribution >= 0.6 is 0 Å². The van der Waals surface area contributed by atoms with Gasteiger partial charge < -0.3 is 5.32 Å². The minimum absolute atomic E-state index is 0.543. The molecule has 0 radical (unpaired) electrons. The van der Waals surface area contributed by atoms with Gasteiger partial charge in [-0.3, -0.25) is 0 Å². The second-order valence-electron chi connectivity index (χ2n) is 6.21. The third-order valence-corrected chi connectivity index (χ3v) is 4.17. The predicted molar refractivity (Wildman–Crippen MR) is 83.3 cm³/mol. The highest BCUT2D eigenvalue weighted by Crippen LogP contribution is 2.34. The summed E-state index contributed by atoms with van der Waals surface area (Å²) in [7, 11) is 0. The summed E-state index contributed by atoms with van der Waals surface area (Å²) in [4.78, 5) is 0. The maximum Gasteiger partial charge on any atom is 0.0322 e. The topological polar surface area (TPSA) is 12.0 Å². The van der Waals surface area contributed by atoms with Gasteiger partial charge in [0.15, 0.2) is 0 Å². The van der Waals surface area contributed by atoms with Crippen molar-refractivity contribution >= 4 is 0 Å². The Morgan fingerprint density at radius 3 is 2.53 bits per heavy atom. The average molecular weight is 259 g/mol. The van der Waals surface area contributed by atoms with Crippen molar-refractivity contribution in [1.82, 2.24) is 5.32 Å². The van der Waals surface area contributed by atoms with Gasteiger partial charge in [0.1, 0.15) is 0 Å². The van der Waals surface area contributed by atoms with E-state index in [2.05, 4.69) is 49.5 Å². The first-order valence-corrected chi connectivity index (χ1v) is 8.10. The van der Waals surface area contributed by atoms with Crippen LogP contribution in [0.2, 0.25) is 0 Å². The maximum absolute atomic E-state index is 3.86. The van der Waals surface area contributed by atoms with Gasteiger partial charge in [-0.05, 0) is 31.2 Å². The zero-order valence-corrected chi connectivity index (χ0v) is 12.6. The van der Waals surface area contributed by atoms with Gasteiger partial charge in [-0.15, -0.1) is 0 Å². The first-order valence-electron chi connectivity index (χ1n) is 8.10. The predicted octanol–water partition coefficient (Wildman–Crippen LogP) is 5.09. The summed E-state index contributed by atoms with van der Waals surface area (Å²) in [5.74, 6) is 1.01. The van der Waals surface area contributed by atoms with Crippen LogP contribution < -0.4 is 5.32 Å². The molecule has 106 valence electrons. The molecule has 2 rings (SSSR count). The van der Waals surface area contributed by atoms with E-state index in [1.54, 1.807) is 0 Å². The standard InChI is InChI=1S/C18H29N/c1-3-4-6-11-18(17-9-7-5-8-10-17)19-15(2)14-16-12-13-16/h5,7-10,15-16,18-19H,3-4,6,11-14H2,1-2H3. The van der Waals surface area contributed by atoms with Crippen molar-refractivity contribution in [2.24, 2.45) is 5.92 Å². The van der Waals surface area contributed by atoms with Crippen molar-refractivity contribution in [2.45, 2.75) is 70.9 Å². The Labute approximate surface area is 118 Å². The molecule has 1 aromatic carbocycles. The van der Waals surface area contributed by atoms with Crippen molar-refractivity contribution in [3.05, 3.63) is 35.9 Å². The molecule has 1 heteroatoms. The molecule has 1 aliphatic rings. The van der Waals surface area contributed by atoms with Crippen molar-refractivity contribution in [3.63, 3.8) is 0 Å². The number of rotatable bonds is 9. The van der Waals surface area contributed by atoms with Crippen LogP contribution in [0.1, 0.15) is 70.4 Å². The van der Waals surface area contributed by atoms with E-state index >= 15 is 0 Å². The molecule has 0 bridgehead atoms. The highest BCUT2D eigenvalue weighted by Gasteiger charge is 2.24. The first-order chi connectivity index (χ1) is 9.29. The Kier molecular flexibility index (Phi) is 5.91. The molecular weight excluding hydrogens is 230 g/mol. The fraction of sp³-hybridized carbons (Fsp3) is 0.667.